The average Bonchev–Trinajstić information content (AvgIpc) is 2.67. The molecule has 1 aromatic heterocycles. The summed E-state index contributed by atoms with van der Waals surface area (Å²) in [4.78, 5) is 16.5. The lowest BCUT2D eigenvalue weighted by molar-refractivity contribution is 0.102. The molecule has 26 heavy (non-hydrogen) atoms. The number of carbonyl (C=O) groups excluding carboxylic acids is 1. The minimum atomic E-state index is -0.156. The van der Waals surface area contributed by atoms with Crippen molar-refractivity contribution in [3.63, 3.8) is 0 Å². The molecule has 5 nitrogen and oxygen atoms in total. The van der Waals surface area contributed by atoms with Gasteiger partial charge in [0.25, 0.3) is 5.91 Å². The first-order chi connectivity index (χ1) is 12.2. The summed E-state index contributed by atoms with van der Waals surface area (Å²) >= 11 is 0. The zero-order valence-electron chi connectivity index (χ0n) is 14.1. The third kappa shape index (κ3) is 5.31. The van der Waals surface area contributed by atoms with Crippen LogP contribution in [0.3, 0.4) is 0 Å². The summed E-state index contributed by atoms with van der Waals surface area (Å²) in [5, 5.41) is 2.87. The van der Waals surface area contributed by atoms with Crippen molar-refractivity contribution in [1.29, 1.82) is 0 Å². The monoisotopic (exact) mass is 369 g/mol. The Labute approximate surface area is 158 Å². The Morgan fingerprint density at radius 3 is 2.58 bits per heavy atom. The van der Waals surface area contributed by atoms with E-state index in [2.05, 4.69) is 10.3 Å². The summed E-state index contributed by atoms with van der Waals surface area (Å²) in [7, 11) is 0. The van der Waals surface area contributed by atoms with Crippen LogP contribution >= 0.6 is 12.4 Å². The van der Waals surface area contributed by atoms with Crippen LogP contribution in [0, 0.1) is 0 Å². The van der Waals surface area contributed by atoms with E-state index in [9.17, 15) is 4.79 Å². The van der Waals surface area contributed by atoms with Crippen molar-refractivity contribution in [2.45, 2.75) is 13.2 Å². The van der Waals surface area contributed by atoms with Crippen molar-refractivity contribution in [3.8, 4) is 5.88 Å². The molecule has 134 valence electrons. The fourth-order valence-electron chi connectivity index (χ4n) is 2.34. The predicted octanol–water partition coefficient (Wildman–Crippen LogP) is 3.79. The number of carbonyl (C=O) groups is 1. The number of benzene rings is 2. The summed E-state index contributed by atoms with van der Waals surface area (Å²) in [6, 6.07) is 20.3. The lowest BCUT2D eigenvalue weighted by atomic mass is 10.1. The standard InChI is InChI=1S/C20H19N3O2.ClH/c21-13-15-9-10-22-19(12-15)25-14-16-5-4-6-17(11-16)20(24)23-18-7-2-1-3-8-18;/h1-12H,13-14,21H2,(H,23,24);1H. The van der Waals surface area contributed by atoms with Gasteiger partial charge in [0, 0.05) is 30.1 Å². The number of amides is 1. The zero-order chi connectivity index (χ0) is 17.5. The van der Waals surface area contributed by atoms with Crippen LogP contribution in [0.5, 0.6) is 5.88 Å². The van der Waals surface area contributed by atoms with E-state index in [0.717, 1.165) is 16.8 Å². The number of hydrogen-bond acceptors (Lipinski definition) is 4. The van der Waals surface area contributed by atoms with E-state index in [1.165, 1.54) is 0 Å². The van der Waals surface area contributed by atoms with Gasteiger partial charge in [-0.1, -0.05) is 30.3 Å². The van der Waals surface area contributed by atoms with Gasteiger partial charge in [0.2, 0.25) is 5.88 Å². The van der Waals surface area contributed by atoms with Gasteiger partial charge in [-0.15, -0.1) is 12.4 Å². The Bertz CT molecular complexity index is 856. The van der Waals surface area contributed by atoms with Crippen LogP contribution in [0.4, 0.5) is 5.69 Å². The smallest absolute Gasteiger partial charge is 0.255 e. The predicted molar refractivity (Wildman–Crippen MR) is 105 cm³/mol. The van der Waals surface area contributed by atoms with Crippen molar-refractivity contribution in [1.82, 2.24) is 4.98 Å². The lowest BCUT2D eigenvalue weighted by Crippen LogP contribution is -2.12. The molecule has 0 spiro atoms. The number of pyridine rings is 1. The number of rotatable bonds is 6. The number of ether oxygens (including phenoxy) is 1. The van der Waals surface area contributed by atoms with Crippen molar-refractivity contribution < 1.29 is 9.53 Å². The van der Waals surface area contributed by atoms with Gasteiger partial charge in [-0.05, 0) is 41.5 Å². The molecule has 0 aliphatic heterocycles. The fraction of sp³-hybridized carbons (Fsp3) is 0.100. The Balaban J connectivity index is 0.00000243. The number of para-hydroxylation sites is 1. The first kappa shape index (κ1) is 19.4. The van der Waals surface area contributed by atoms with Gasteiger partial charge >= 0.3 is 0 Å². The second kappa shape index (κ2) is 9.56. The molecule has 3 aromatic rings. The van der Waals surface area contributed by atoms with E-state index in [4.69, 9.17) is 10.5 Å². The zero-order valence-corrected chi connectivity index (χ0v) is 14.9. The number of nitrogens with two attached hydrogens (primary N) is 1. The maximum Gasteiger partial charge on any atom is 0.255 e. The van der Waals surface area contributed by atoms with Crippen LogP contribution in [0.25, 0.3) is 0 Å². The first-order valence-corrected chi connectivity index (χ1v) is 7.98. The largest absolute Gasteiger partial charge is 0.473 e. The molecule has 1 heterocycles. The van der Waals surface area contributed by atoms with E-state index in [1.807, 2.05) is 60.7 Å². The van der Waals surface area contributed by atoms with E-state index >= 15 is 0 Å². The van der Waals surface area contributed by atoms with Gasteiger partial charge in [-0.3, -0.25) is 4.79 Å². The number of anilines is 1. The minimum Gasteiger partial charge on any atom is -0.473 e. The number of halogens is 1. The molecule has 6 heteroatoms. The third-order valence-electron chi connectivity index (χ3n) is 3.64. The third-order valence-corrected chi connectivity index (χ3v) is 3.64. The molecule has 3 rings (SSSR count). The highest BCUT2D eigenvalue weighted by Gasteiger charge is 2.07. The van der Waals surface area contributed by atoms with Gasteiger partial charge in [-0.2, -0.15) is 0 Å². The first-order valence-electron chi connectivity index (χ1n) is 7.98. The number of hydrogen-bond donors (Lipinski definition) is 2. The highest BCUT2D eigenvalue weighted by Crippen LogP contribution is 2.14. The van der Waals surface area contributed by atoms with Gasteiger partial charge in [0.1, 0.15) is 6.61 Å². The van der Waals surface area contributed by atoms with Crippen LogP contribution in [0.1, 0.15) is 21.5 Å². The molecule has 3 N–H and O–H groups in total. The van der Waals surface area contributed by atoms with Crippen LogP contribution in [-0.4, -0.2) is 10.9 Å². The van der Waals surface area contributed by atoms with Crippen molar-refractivity contribution >= 4 is 24.0 Å². The number of nitrogens with one attached hydrogen (secondary N) is 1. The Kier molecular flexibility index (Phi) is 7.14. The summed E-state index contributed by atoms with van der Waals surface area (Å²) < 4.78 is 5.69. The SMILES string of the molecule is Cl.NCc1ccnc(OCc2cccc(C(=O)Nc3ccccc3)c2)c1. The van der Waals surface area contributed by atoms with Crippen LogP contribution in [0.2, 0.25) is 0 Å². The highest BCUT2D eigenvalue weighted by atomic mass is 35.5. The molecule has 0 unspecified atom stereocenters. The molecule has 2 aromatic carbocycles. The van der Waals surface area contributed by atoms with E-state index in [1.54, 1.807) is 12.3 Å². The van der Waals surface area contributed by atoms with E-state index in [-0.39, 0.29) is 18.3 Å². The normalized spacial score (nSPS) is 9.88. The van der Waals surface area contributed by atoms with Gasteiger partial charge < -0.3 is 15.8 Å². The summed E-state index contributed by atoms with van der Waals surface area (Å²) in [6.45, 7) is 0.765. The summed E-state index contributed by atoms with van der Waals surface area (Å²) in [5.41, 5.74) is 8.80. The number of aromatic nitrogens is 1. The summed E-state index contributed by atoms with van der Waals surface area (Å²) in [6.07, 6.45) is 1.67. The van der Waals surface area contributed by atoms with Gasteiger partial charge in [0.05, 0.1) is 0 Å². The maximum atomic E-state index is 12.3. The van der Waals surface area contributed by atoms with Crippen molar-refractivity contribution in [3.05, 3.63) is 89.6 Å². The molecule has 1 amide bonds. The second-order valence-corrected chi connectivity index (χ2v) is 5.52. The molecule has 0 bridgehead atoms. The topological polar surface area (TPSA) is 77.2 Å². The van der Waals surface area contributed by atoms with Crippen molar-refractivity contribution in [2.75, 3.05) is 5.32 Å². The minimum absolute atomic E-state index is 0. The van der Waals surface area contributed by atoms with E-state index < -0.39 is 0 Å². The van der Waals surface area contributed by atoms with Crippen LogP contribution < -0.4 is 15.8 Å². The molecule has 0 saturated heterocycles. The molecule has 0 atom stereocenters. The molecular weight excluding hydrogens is 350 g/mol. The summed E-state index contributed by atoms with van der Waals surface area (Å²) in [5.74, 6) is 0.360. The molecule has 0 aliphatic carbocycles. The Hall–Kier alpha value is -2.89. The van der Waals surface area contributed by atoms with Crippen LogP contribution in [0.15, 0.2) is 72.9 Å². The lowest BCUT2D eigenvalue weighted by Gasteiger charge is -2.09. The molecular formula is C20H20ClN3O2. The highest BCUT2D eigenvalue weighted by molar-refractivity contribution is 6.04. The fourth-order valence-corrected chi connectivity index (χ4v) is 2.34. The maximum absolute atomic E-state index is 12.3. The molecule has 0 fully saturated rings. The Morgan fingerprint density at radius 2 is 1.81 bits per heavy atom. The quantitative estimate of drug-likeness (QED) is 0.693. The van der Waals surface area contributed by atoms with Gasteiger partial charge in [-0.25, -0.2) is 4.98 Å². The van der Waals surface area contributed by atoms with E-state index in [0.29, 0.717) is 24.6 Å². The molecule has 0 radical (unpaired) electrons. The Morgan fingerprint density at radius 1 is 1.00 bits per heavy atom. The van der Waals surface area contributed by atoms with Gasteiger partial charge in [0.15, 0.2) is 0 Å². The molecule has 0 saturated carbocycles. The average molecular weight is 370 g/mol. The van der Waals surface area contributed by atoms with Crippen LogP contribution in [-0.2, 0) is 13.2 Å². The van der Waals surface area contributed by atoms with Crippen molar-refractivity contribution in [2.24, 2.45) is 5.73 Å². The molecule has 0 aliphatic rings. The second-order valence-electron chi connectivity index (χ2n) is 5.52. The number of nitrogens with zero attached hydrogens (tertiary/aromatic N) is 1.